The van der Waals surface area contributed by atoms with E-state index in [1.807, 2.05) is 12.1 Å². The number of halogens is 1. The minimum atomic E-state index is -0.367. The first kappa shape index (κ1) is 17.4. The summed E-state index contributed by atoms with van der Waals surface area (Å²) in [6.45, 7) is 4.68. The SMILES string of the molecule is CC(C)c1ccc(-c2noc(C3CC(=O)N(c4cccc(F)c4)C3)n2)cc1. The van der Waals surface area contributed by atoms with Crippen molar-refractivity contribution in [3.8, 4) is 11.4 Å². The lowest BCUT2D eigenvalue weighted by Crippen LogP contribution is -2.24. The van der Waals surface area contributed by atoms with Gasteiger partial charge in [-0.1, -0.05) is 49.3 Å². The zero-order valence-electron chi connectivity index (χ0n) is 15.2. The summed E-state index contributed by atoms with van der Waals surface area (Å²) < 4.78 is 18.9. The van der Waals surface area contributed by atoms with Gasteiger partial charge in [-0.05, 0) is 29.7 Å². The number of carbonyl (C=O) groups excluding carboxylic acids is 1. The monoisotopic (exact) mass is 365 g/mol. The molecule has 0 saturated carbocycles. The highest BCUT2D eigenvalue weighted by molar-refractivity contribution is 5.96. The van der Waals surface area contributed by atoms with E-state index in [1.165, 1.54) is 17.7 Å². The van der Waals surface area contributed by atoms with Crippen LogP contribution in [0.25, 0.3) is 11.4 Å². The van der Waals surface area contributed by atoms with Crippen LogP contribution >= 0.6 is 0 Å². The quantitative estimate of drug-likeness (QED) is 0.682. The standard InChI is InChI=1S/C21H20FN3O2/c1-13(2)14-6-8-15(9-7-14)20-23-21(27-24-20)16-10-19(26)25(12-16)18-5-3-4-17(22)11-18/h3-9,11,13,16H,10,12H2,1-2H3. The van der Waals surface area contributed by atoms with Crippen molar-refractivity contribution in [2.24, 2.45) is 0 Å². The fourth-order valence-electron chi connectivity index (χ4n) is 3.30. The van der Waals surface area contributed by atoms with E-state index in [-0.39, 0.29) is 24.1 Å². The third-order valence-electron chi connectivity index (χ3n) is 4.87. The number of hydrogen-bond donors (Lipinski definition) is 0. The van der Waals surface area contributed by atoms with E-state index in [1.54, 1.807) is 17.0 Å². The summed E-state index contributed by atoms with van der Waals surface area (Å²) in [5.74, 6) is 0.762. The van der Waals surface area contributed by atoms with Gasteiger partial charge >= 0.3 is 0 Å². The molecule has 138 valence electrons. The molecule has 1 fully saturated rings. The molecule has 0 aliphatic carbocycles. The van der Waals surface area contributed by atoms with E-state index in [0.717, 1.165) is 5.56 Å². The lowest BCUT2D eigenvalue weighted by atomic mass is 10.0. The lowest BCUT2D eigenvalue weighted by molar-refractivity contribution is -0.117. The van der Waals surface area contributed by atoms with Gasteiger partial charge in [0.15, 0.2) is 0 Å². The molecule has 4 rings (SSSR count). The van der Waals surface area contributed by atoms with Crippen LogP contribution < -0.4 is 4.90 Å². The van der Waals surface area contributed by atoms with Gasteiger partial charge in [-0.25, -0.2) is 4.39 Å². The number of benzene rings is 2. The molecular formula is C21H20FN3O2. The number of carbonyl (C=O) groups is 1. The summed E-state index contributed by atoms with van der Waals surface area (Å²) >= 11 is 0. The molecule has 0 spiro atoms. The first-order valence-electron chi connectivity index (χ1n) is 9.01. The molecule has 5 nitrogen and oxygen atoms in total. The van der Waals surface area contributed by atoms with E-state index in [2.05, 4.69) is 36.1 Å². The number of hydrogen-bond acceptors (Lipinski definition) is 4. The number of aromatic nitrogens is 2. The summed E-state index contributed by atoms with van der Waals surface area (Å²) in [7, 11) is 0. The molecule has 1 amide bonds. The Kier molecular flexibility index (Phi) is 4.48. The zero-order valence-corrected chi connectivity index (χ0v) is 15.2. The van der Waals surface area contributed by atoms with E-state index in [4.69, 9.17) is 4.52 Å². The Labute approximate surface area is 156 Å². The maximum atomic E-state index is 13.5. The number of amides is 1. The molecule has 6 heteroatoms. The number of nitrogens with zero attached hydrogens (tertiary/aromatic N) is 3. The number of rotatable bonds is 4. The van der Waals surface area contributed by atoms with Gasteiger partial charge in [0.05, 0.1) is 5.92 Å². The Balaban J connectivity index is 1.53. The fourth-order valence-corrected chi connectivity index (χ4v) is 3.30. The molecule has 1 aromatic heterocycles. The molecule has 1 aliphatic rings. The topological polar surface area (TPSA) is 59.2 Å². The second-order valence-corrected chi connectivity index (χ2v) is 7.12. The van der Waals surface area contributed by atoms with Gasteiger partial charge in [-0.2, -0.15) is 4.98 Å². The molecular weight excluding hydrogens is 345 g/mol. The molecule has 27 heavy (non-hydrogen) atoms. The Morgan fingerprint density at radius 2 is 1.96 bits per heavy atom. The van der Waals surface area contributed by atoms with Crippen LogP contribution in [0.3, 0.4) is 0 Å². The van der Waals surface area contributed by atoms with Gasteiger partial charge in [-0.3, -0.25) is 4.79 Å². The van der Waals surface area contributed by atoms with Crippen molar-refractivity contribution < 1.29 is 13.7 Å². The van der Waals surface area contributed by atoms with Crippen molar-refractivity contribution in [2.45, 2.75) is 32.1 Å². The summed E-state index contributed by atoms with van der Waals surface area (Å²) in [6, 6.07) is 14.1. The van der Waals surface area contributed by atoms with Gasteiger partial charge < -0.3 is 9.42 Å². The van der Waals surface area contributed by atoms with Gasteiger partial charge in [0.2, 0.25) is 17.6 Å². The van der Waals surface area contributed by atoms with Crippen LogP contribution in [0.2, 0.25) is 0 Å². The van der Waals surface area contributed by atoms with Gasteiger partial charge in [0.1, 0.15) is 5.82 Å². The second kappa shape index (κ2) is 6.95. The second-order valence-electron chi connectivity index (χ2n) is 7.12. The van der Waals surface area contributed by atoms with Crippen LogP contribution in [0.1, 0.15) is 43.6 Å². The molecule has 1 aliphatic heterocycles. The molecule has 2 aromatic carbocycles. The lowest BCUT2D eigenvalue weighted by Gasteiger charge is -2.15. The molecule has 0 bridgehead atoms. The highest BCUT2D eigenvalue weighted by Gasteiger charge is 2.35. The zero-order chi connectivity index (χ0) is 19.0. The Morgan fingerprint density at radius 3 is 2.67 bits per heavy atom. The van der Waals surface area contributed by atoms with Crippen LogP contribution in [0, 0.1) is 5.82 Å². The third-order valence-corrected chi connectivity index (χ3v) is 4.87. The van der Waals surface area contributed by atoms with Crippen LogP contribution in [-0.4, -0.2) is 22.6 Å². The minimum absolute atomic E-state index is 0.0772. The normalized spacial score (nSPS) is 17.1. The van der Waals surface area contributed by atoms with Crippen molar-refractivity contribution in [3.05, 3.63) is 65.8 Å². The van der Waals surface area contributed by atoms with E-state index < -0.39 is 0 Å². The molecule has 3 aromatic rings. The largest absolute Gasteiger partial charge is 0.339 e. The first-order chi connectivity index (χ1) is 13.0. The maximum absolute atomic E-state index is 13.5. The smallest absolute Gasteiger partial charge is 0.232 e. The van der Waals surface area contributed by atoms with Crippen LogP contribution in [0.4, 0.5) is 10.1 Å². The molecule has 0 N–H and O–H groups in total. The van der Waals surface area contributed by atoms with Gasteiger partial charge in [0, 0.05) is 24.2 Å². The van der Waals surface area contributed by atoms with E-state index >= 15 is 0 Å². The van der Waals surface area contributed by atoms with Crippen molar-refractivity contribution in [2.75, 3.05) is 11.4 Å². The molecule has 1 unspecified atom stereocenters. The highest BCUT2D eigenvalue weighted by Crippen LogP contribution is 2.32. The van der Waals surface area contributed by atoms with Crippen LogP contribution in [0.5, 0.6) is 0 Å². The van der Waals surface area contributed by atoms with Crippen molar-refractivity contribution in [1.29, 1.82) is 0 Å². The fraction of sp³-hybridized carbons (Fsp3) is 0.286. The van der Waals surface area contributed by atoms with Gasteiger partial charge in [0.25, 0.3) is 0 Å². The van der Waals surface area contributed by atoms with Gasteiger partial charge in [-0.15, -0.1) is 0 Å². The Bertz CT molecular complexity index is 966. The Hall–Kier alpha value is -3.02. The predicted octanol–water partition coefficient (Wildman–Crippen LogP) is 4.52. The molecule has 1 atom stereocenters. The molecule has 2 heterocycles. The van der Waals surface area contributed by atoms with Crippen LogP contribution in [-0.2, 0) is 4.79 Å². The predicted molar refractivity (Wildman–Crippen MR) is 99.9 cm³/mol. The maximum Gasteiger partial charge on any atom is 0.232 e. The number of anilines is 1. The average Bonchev–Trinajstić information content (AvgIpc) is 3.28. The van der Waals surface area contributed by atoms with Crippen LogP contribution in [0.15, 0.2) is 53.1 Å². The summed E-state index contributed by atoms with van der Waals surface area (Å²) in [5.41, 5.74) is 2.67. The minimum Gasteiger partial charge on any atom is -0.339 e. The molecule has 0 radical (unpaired) electrons. The Morgan fingerprint density at radius 1 is 1.19 bits per heavy atom. The van der Waals surface area contributed by atoms with E-state index in [0.29, 0.717) is 29.9 Å². The van der Waals surface area contributed by atoms with E-state index in [9.17, 15) is 9.18 Å². The average molecular weight is 365 g/mol. The summed E-state index contributed by atoms with van der Waals surface area (Å²) in [6.07, 6.45) is 0.268. The first-order valence-corrected chi connectivity index (χ1v) is 9.01. The summed E-state index contributed by atoms with van der Waals surface area (Å²) in [5, 5.41) is 4.07. The van der Waals surface area contributed by atoms with Crippen molar-refractivity contribution >= 4 is 11.6 Å². The third kappa shape index (κ3) is 3.47. The van der Waals surface area contributed by atoms with Crippen molar-refractivity contribution in [1.82, 2.24) is 10.1 Å². The van der Waals surface area contributed by atoms with Crippen molar-refractivity contribution in [3.63, 3.8) is 0 Å². The highest BCUT2D eigenvalue weighted by atomic mass is 19.1. The molecule has 1 saturated heterocycles. The summed E-state index contributed by atoms with van der Waals surface area (Å²) in [4.78, 5) is 18.4.